The van der Waals surface area contributed by atoms with Gasteiger partial charge >= 0.3 is 6.03 Å². The minimum atomic E-state index is -0.290. The Morgan fingerprint density at radius 1 is 1.07 bits per heavy atom. The molecule has 3 N–H and O–H groups in total. The second-order valence-corrected chi connectivity index (χ2v) is 10.1. The van der Waals surface area contributed by atoms with Gasteiger partial charge in [-0.25, -0.2) is 9.78 Å². The Bertz CT molecular complexity index is 1540. The normalized spacial score (nSPS) is 15.1. The number of β-amino-alcohol motifs (C(OH)–C–C–N with tert-alkyl or cyclic N) is 1. The second kappa shape index (κ2) is 13.5. The maximum atomic E-state index is 12.9. The number of hydrogen-bond acceptors (Lipinski definition) is 8. The van der Waals surface area contributed by atoms with Gasteiger partial charge in [-0.05, 0) is 42.3 Å². The maximum absolute atomic E-state index is 12.9. The molecule has 42 heavy (non-hydrogen) atoms. The third-order valence-corrected chi connectivity index (χ3v) is 7.01. The standard InChI is InChI=1S/C31H35N5O6/c1-32-31(39)36-13-9-23-16-28(27(18-26(23)36)41-15-3-14-40-2)42-25-8-11-33-29(17-25)34-30(38)22-6-4-21(5-7-22)19-35-12-10-24(37)20-35/h4-9,11,13,16-18,24,37H,3,10,12,14-15,19-20H2,1-2H3,(H,32,39)(H,33,34,38). The van der Waals surface area contributed by atoms with Crippen LogP contribution in [0.25, 0.3) is 10.9 Å². The van der Waals surface area contributed by atoms with E-state index in [0.717, 1.165) is 30.5 Å². The van der Waals surface area contributed by atoms with Crippen molar-refractivity contribution in [2.45, 2.75) is 25.5 Å². The van der Waals surface area contributed by atoms with Crippen LogP contribution in [-0.2, 0) is 11.3 Å². The number of rotatable bonds is 11. The van der Waals surface area contributed by atoms with E-state index in [4.69, 9.17) is 14.2 Å². The fourth-order valence-electron chi connectivity index (χ4n) is 4.85. The SMILES string of the molecule is CNC(=O)n1ccc2cc(Oc3ccnc(NC(=O)c4ccc(CN5CCC(O)C5)cc4)c3)c(OCCCOC)cc21. The lowest BCUT2D eigenvalue weighted by Crippen LogP contribution is -2.23. The zero-order valence-corrected chi connectivity index (χ0v) is 23.7. The Hall–Kier alpha value is -4.45. The topological polar surface area (TPSA) is 127 Å². The minimum Gasteiger partial charge on any atom is -0.490 e. The lowest BCUT2D eigenvalue weighted by atomic mass is 10.1. The van der Waals surface area contributed by atoms with Crippen LogP contribution in [0.3, 0.4) is 0 Å². The molecule has 11 heteroatoms. The number of benzene rings is 2. The van der Waals surface area contributed by atoms with E-state index in [0.29, 0.717) is 60.3 Å². The van der Waals surface area contributed by atoms with Gasteiger partial charge < -0.3 is 30.0 Å². The Labute approximate surface area is 244 Å². The summed E-state index contributed by atoms with van der Waals surface area (Å²) in [6.45, 7) is 3.22. The molecule has 2 aromatic heterocycles. The summed E-state index contributed by atoms with van der Waals surface area (Å²) in [5.74, 6) is 1.42. The van der Waals surface area contributed by atoms with Gasteiger partial charge in [0, 0.05) is 82.3 Å². The highest BCUT2D eigenvalue weighted by Gasteiger charge is 2.20. The molecule has 1 atom stereocenters. The molecule has 1 aliphatic rings. The van der Waals surface area contributed by atoms with E-state index in [-0.39, 0.29) is 18.0 Å². The largest absolute Gasteiger partial charge is 0.490 e. The number of methoxy groups -OCH3 is 1. The summed E-state index contributed by atoms with van der Waals surface area (Å²) in [7, 11) is 3.21. The number of aliphatic hydroxyl groups excluding tert-OH is 1. The molecule has 5 rings (SSSR count). The molecule has 2 aromatic carbocycles. The molecule has 1 fully saturated rings. The van der Waals surface area contributed by atoms with E-state index in [1.165, 1.54) is 4.57 Å². The van der Waals surface area contributed by atoms with Crippen molar-refractivity contribution in [2.75, 3.05) is 45.8 Å². The molecule has 220 valence electrons. The van der Waals surface area contributed by atoms with Gasteiger partial charge in [0.05, 0.1) is 18.2 Å². The fraction of sp³-hybridized carbons (Fsp3) is 0.323. The fourth-order valence-corrected chi connectivity index (χ4v) is 4.85. The molecule has 0 radical (unpaired) electrons. The van der Waals surface area contributed by atoms with E-state index < -0.39 is 0 Å². The molecular weight excluding hydrogens is 538 g/mol. The highest BCUT2D eigenvalue weighted by molar-refractivity contribution is 6.03. The number of ether oxygens (including phenoxy) is 3. The molecule has 4 aromatic rings. The van der Waals surface area contributed by atoms with Crippen LogP contribution in [0.1, 0.15) is 28.8 Å². The number of aromatic nitrogens is 2. The number of nitrogens with one attached hydrogen (secondary N) is 2. The average molecular weight is 574 g/mol. The number of aliphatic hydroxyl groups is 1. The second-order valence-electron chi connectivity index (χ2n) is 10.1. The van der Waals surface area contributed by atoms with Crippen molar-refractivity contribution in [2.24, 2.45) is 0 Å². The van der Waals surface area contributed by atoms with Crippen LogP contribution >= 0.6 is 0 Å². The summed E-state index contributed by atoms with van der Waals surface area (Å²) < 4.78 is 18.8. The van der Waals surface area contributed by atoms with Gasteiger partial charge in [-0.15, -0.1) is 0 Å². The highest BCUT2D eigenvalue weighted by Crippen LogP contribution is 2.37. The smallest absolute Gasteiger partial charge is 0.325 e. The van der Waals surface area contributed by atoms with E-state index in [2.05, 4.69) is 20.5 Å². The number of amides is 2. The Kier molecular flexibility index (Phi) is 9.32. The first-order valence-electron chi connectivity index (χ1n) is 13.9. The van der Waals surface area contributed by atoms with Crippen molar-refractivity contribution in [3.05, 3.63) is 78.1 Å². The third-order valence-electron chi connectivity index (χ3n) is 7.01. The number of pyridine rings is 1. The number of likely N-dealkylation sites (tertiary alicyclic amines) is 1. The van der Waals surface area contributed by atoms with E-state index in [1.54, 1.807) is 56.9 Å². The van der Waals surface area contributed by atoms with Crippen LogP contribution in [0.2, 0.25) is 0 Å². The van der Waals surface area contributed by atoms with E-state index in [9.17, 15) is 14.7 Å². The molecule has 1 aliphatic heterocycles. The van der Waals surface area contributed by atoms with Gasteiger partial charge in [0.1, 0.15) is 11.6 Å². The van der Waals surface area contributed by atoms with Crippen molar-refractivity contribution in [1.82, 2.24) is 19.8 Å². The van der Waals surface area contributed by atoms with Gasteiger partial charge in [0.25, 0.3) is 5.91 Å². The van der Waals surface area contributed by atoms with E-state index >= 15 is 0 Å². The van der Waals surface area contributed by atoms with Crippen LogP contribution in [0.15, 0.2) is 67.0 Å². The van der Waals surface area contributed by atoms with Crippen LogP contribution in [-0.4, -0.2) is 78.1 Å². The van der Waals surface area contributed by atoms with Crippen molar-refractivity contribution < 1.29 is 28.9 Å². The highest BCUT2D eigenvalue weighted by atomic mass is 16.5. The molecule has 1 unspecified atom stereocenters. The van der Waals surface area contributed by atoms with Crippen molar-refractivity contribution in [3.8, 4) is 17.2 Å². The monoisotopic (exact) mass is 573 g/mol. The van der Waals surface area contributed by atoms with Gasteiger partial charge in [0.15, 0.2) is 11.5 Å². The number of hydrogen-bond donors (Lipinski definition) is 3. The maximum Gasteiger partial charge on any atom is 0.325 e. The first-order chi connectivity index (χ1) is 20.4. The molecule has 0 aliphatic carbocycles. The number of nitrogens with zero attached hydrogens (tertiary/aromatic N) is 3. The molecule has 0 bridgehead atoms. The van der Waals surface area contributed by atoms with Crippen molar-refractivity contribution >= 4 is 28.7 Å². The molecule has 0 saturated carbocycles. The average Bonchev–Trinajstić information content (AvgIpc) is 3.60. The summed E-state index contributed by atoms with van der Waals surface area (Å²) in [6.07, 6.45) is 4.45. The first-order valence-corrected chi connectivity index (χ1v) is 13.9. The zero-order valence-electron chi connectivity index (χ0n) is 23.7. The molecule has 1 saturated heterocycles. The minimum absolute atomic E-state index is 0.263. The van der Waals surface area contributed by atoms with Gasteiger partial charge in [0.2, 0.25) is 0 Å². The number of fused-ring (bicyclic) bond motifs is 1. The molecule has 0 spiro atoms. The van der Waals surface area contributed by atoms with Crippen molar-refractivity contribution in [1.29, 1.82) is 0 Å². The molecule has 3 heterocycles. The van der Waals surface area contributed by atoms with Crippen LogP contribution in [0.4, 0.5) is 10.6 Å². The summed E-state index contributed by atoms with van der Waals surface area (Å²) in [5, 5.41) is 16.0. The quantitative estimate of drug-likeness (QED) is 0.227. The lowest BCUT2D eigenvalue weighted by Gasteiger charge is -2.15. The Morgan fingerprint density at radius 3 is 2.64 bits per heavy atom. The number of anilines is 1. The van der Waals surface area contributed by atoms with Crippen LogP contribution in [0.5, 0.6) is 17.2 Å². The Morgan fingerprint density at radius 2 is 1.90 bits per heavy atom. The first kappa shape index (κ1) is 29.1. The predicted molar refractivity (Wildman–Crippen MR) is 158 cm³/mol. The van der Waals surface area contributed by atoms with Gasteiger partial charge in [-0.2, -0.15) is 0 Å². The molecule has 2 amide bonds. The van der Waals surface area contributed by atoms with Gasteiger partial charge in [-0.1, -0.05) is 12.1 Å². The summed E-state index contributed by atoms with van der Waals surface area (Å²) in [6, 6.07) is 15.9. The lowest BCUT2D eigenvalue weighted by molar-refractivity contribution is 0.102. The summed E-state index contributed by atoms with van der Waals surface area (Å²) in [4.78, 5) is 31.7. The number of carbonyl (C=O) groups excluding carboxylic acids is 2. The summed E-state index contributed by atoms with van der Waals surface area (Å²) in [5.41, 5.74) is 2.26. The molecular formula is C31H35N5O6. The molecule has 11 nitrogen and oxygen atoms in total. The van der Waals surface area contributed by atoms with Crippen LogP contribution < -0.4 is 20.1 Å². The zero-order chi connectivity index (χ0) is 29.5. The third kappa shape index (κ3) is 7.06. The van der Waals surface area contributed by atoms with E-state index in [1.807, 2.05) is 24.3 Å². The van der Waals surface area contributed by atoms with Gasteiger partial charge in [-0.3, -0.25) is 14.3 Å². The van der Waals surface area contributed by atoms with Crippen molar-refractivity contribution in [3.63, 3.8) is 0 Å². The summed E-state index contributed by atoms with van der Waals surface area (Å²) >= 11 is 0. The predicted octanol–water partition coefficient (Wildman–Crippen LogP) is 4.25. The Balaban J connectivity index is 1.29. The van der Waals surface area contributed by atoms with Crippen LogP contribution in [0, 0.1) is 0 Å². The number of carbonyl (C=O) groups is 2.